The normalized spacial score (nSPS) is 15.1. The van der Waals surface area contributed by atoms with E-state index >= 15 is 0 Å². The van der Waals surface area contributed by atoms with E-state index < -0.39 is 6.17 Å². The first kappa shape index (κ1) is 24.1. The van der Waals surface area contributed by atoms with Gasteiger partial charge in [0.2, 0.25) is 0 Å². The minimum Gasteiger partial charge on any atom is -0.494 e. The molecule has 0 fully saturated rings. The Balaban J connectivity index is 1.40. The molecule has 1 aliphatic rings. The molecule has 0 saturated carbocycles. The van der Waals surface area contributed by atoms with Gasteiger partial charge in [0, 0.05) is 28.1 Å². The third kappa shape index (κ3) is 5.05. The van der Waals surface area contributed by atoms with E-state index in [0.29, 0.717) is 17.7 Å². The van der Waals surface area contributed by atoms with Crippen molar-refractivity contribution in [3.05, 3.63) is 125 Å². The number of hydrogen-bond donors (Lipinski definition) is 2. The fourth-order valence-electron chi connectivity index (χ4n) is 4.61. The number of amides is 2. The summed E-state index contributed by atoms with van der Waals surface area (Å²) in [5, 5.41) is 6.55. The Morgan fingerprint density at radius 1 is 0.919 bits per heavy atom. The van der Waals surface area contributed by atoms with Gasteiger partial charge >= 0.3 is 0 Å². The van der Waals surface area contributed by atoms with Crippen molar-refractivity contribution in [3.63, 3.8) is 0 Å². The summed E-state index contributed by atoms with van der Waals surface area (Å²) in [5.74, 6) is 0.512. The number of carbonyl (C=O) groups excluding carboxylic acids is 2. The van der Waals surface area contributed by atoms with E-state index in [-0.39, 0.29) is 17.9 Å². The zero-order valence-corrected chi connectivity index (χ0v) is 20.8. The van der Waals surface area contributed by atoms with Crippen LogP contribution in [0, 0.1) is 0 Å². The molecule has 1 heterocycles. The van der Waals surface area contributed by atoms with Crippen LogP contribution in [0.3, 0.4) is 0 Å². The van der Waals surface area contributed by atoms with Gasteiger partial charge in [-0.3, -0.25) is 14.5 Å². The molecule has 0 saturated heterocycles. The maximum atomic E-state index is 13.4. The van der Waals surface area contributed by atoms with Gasteiger partial charge in [-0.05, 0) is 67.9 Å². The predicted molar refractivity (Wildman–Crippen MR) is 146 cm³/mol. The van der Waals surface area contributed by atoms with Gasteiger partial charge in [-0.15, -0.1) is 0 Å². The van der Waals surface area contributed by atoms with E-state index in [1.165, 1.54) is 0 Å². The topological polar surface area (TPSA) is 70.7 Å². The largest absolute Gasteiger partial charge is 0.494 e. The SMILES string of the molecule is CCOc1ccc(N2C(=O)c3ccccc3[C@@H]2Nc2cccc(C(=O)N[C@H](C)c3ccccc3)c2)cc1. The number of nitrogens with one attached hydrogen (secondary N) is 2. The highest BCUT2D eigenvalue weighted by Crippen LogP contribution is 2.38. The van der Waals surface area contributed by atoms with Crippen molar-refractivity contribution in [3.8, 4) is 5.75 Å². The number of carbonyl (C=O) groups is 2. The molecule has 4 aromatic rings. The van der Waals surface area contributed by atoms with Gasteiger partial charge in [-0.1, -0.05) is 54.6 Å². The summed E-state index contributed by atoms with van der Waals surface area (Å²) < 4.78 is 5.57. The number of hydrogen-bond acceptors (Lipinski definition) is 4. The van der Waals surface area contributed by atoms with Crippen LogP contribution in [0.25, 0.3) is 0 Å². The third-order valence-electron chi connectivity index (χ3n) is 6.46. The molecule has 2 amide bonds. The van der Waals surface area contributed by atoms with Gasteiger partial charge in [0.15, 0.2) is 0 Å². The van der Waals surface area contributed by atoms with Gasteiger partial charge < -0.3 is 15.4 Å². The van der Waals surface area contributed by atoms with E-state index in [9.17, 15) is 9.59 Å². The van der Waals surface area contributed by atoms with Crippen molar-refractivity contribution in [1.82, 2.24) is 5.32 Å². The van der Waals surface area contributed by atoms with Crippen LogP contribution in [0.4, 0.5) is 11.4 Å². The maximum absolute atomic E-state index is 13.4. The van der Waals surface area contributed by atoms with Gasteiger partial charge in [0.25, 0.3) is 11.8 Å². The van der Waals surface area contributed by atoms with Crippen LogP contribution in [0.5, 0.6) is 5.75 Å². The lowest BCUT2D eigenvalue weighted by Crippen LogP contribution is -2.32. The first-order chi connectivity index (χ1) is 18.0. The van der Waals surface area contributed by atoms with Crippen LogP contribution in [0.1, 0.15) is 57.9 Å². The Hall–Kier alpha value is -4.58. The number of ether oxygens (including phenoxy) is 1. The molecule has 0 bridgehead atoms. The predicted octanol–water partition coefficient (Wildman–Crippen LogP) is 6.35. The van der Waals surface area contributed by atoms with Gasteiger partial charge in [0.1, 0.15) is 11.9 Å². The van der Waals surface area contributed by atoms with E-state index in [1.807, 2.05) is 111 Å². The first-order valence-electron chi connectivity index (χ1n) is 12.4. The van der Waals surface area contributed by atoms with Gasteiger partial charge in [-0.25, -0.2) is 0 Å². The van der Waals surface area contributed by atoms with Crippen LogP contribution in [-0.2, 0) is 0 Å². The van der Waals surface area contributed by atoms with Crippen molar-refractivity contribution in [1.29, 1.82) is 0 Å². The van der Waals surface area contributed by atoms with Crippen LogP contribution < -0.4 is 20.3 Å². The van der Waals surface area contributed by atoms with Crippen molar-refractivity contribution in [2.24, 2.45) is 0 Å². The maximum Gasteiger partial charge on any atom is 0.260 e. The fourth-order valence-corrected chi connectivity index (χ4v) is 4.61. The van der Waals surface area contributed by atoms with E-state index in [1.54, 1.807) is 11.0 Å². The van der Waals surface area contributed by atoms with Crippen molar-refractivity contribution in [2.45, 2.75) is 26.1 Å². The second-order valence-corrected chi connectivity index (χ2v) is 8.92. The summed E-state index contributed by atoms with van der Waals surface area (Å²) in [7, 11) is 0. The van der Waals surface area contributed by atoms with E-state index in [2.05, 4.69) is 10.6 Å². The Labute approximate surface area is 216 Å². The molecule has 2 atom stereocenters. The summed E-state index contributed by atoms with van der Waals surface area (Å²) in [5.41, 5.74) is 4.61. The minimum atomic E-state index is -0.428. The highest BCUT2D eigenvalue weighted by molar-refractivity contribution is 6.11. The zero-order chi connectivity index (χ0) is 25.8. The molecule has 4 aromatic carbocycles. The summed E-state index contributed by atoms with van der Waals surface area (Å²) in [6.45, 7) is 4.47. The smallest absolute Gasteiger partial charge is 0.260 e. The molecule has 186 valence electrons. The second kappa shape index (κ2) is 10.6. The van der Waals surface area contributed by atoms with Crippen molar-refractivity contribution >= 4 is 23.2 Å². The molecule has 6 nitrogen and oxygen atoms in total. The molecular formula is C31H29N3O3. The molecule has 0 spiro atoms. The molecule has 0 unspecified atom stereocenters. The van der Waals surface area contributed by atoms with Crippen LogP contribution in [0.15, 0.2) is 103 Å². The molecule has 0 aliphatic carbocycles. The average molecular weight is 492 g/mol. The monoisotopic (exact) mass is 491 g/mol. The Kier molecular flexibility index (Phi) is 6.90. The lowest BCUT2D eigenvalue weighted by molar-refractivity contribution is 0.0938. The lowest BCUT2D eigenvalue weighted by Gasteiger charge is -2.27. The lowest BCUT2D eigenvalue weighted by atomic mass is 10.1. The molecule has 6 heteroatoms. The number of fused-ring (bicyclic) bond motifs is 1. The summed E-state index contributed by atoms with van der Waals surface area (Å²) in [4.78, 5) is 28.2. The van der Waals surface area contributed by atoms with Crippen LogP contribution >= 0.6 is 0 Å². The molecular weight excluding hydrogens is 462 g/mol. The molecule has 5 rings (SSSR count). The highest BCUT2D eigenvalue weighted by atomic mass is 16.5. The zero-order valence-electron chi connectivity index (χ0n) is 20.8. The van der Waals surface area contributed by atoms with Crippen LogP contribution in [-0.4, -0.2) is 18.4 Å². The van der Waals surface area contributed by atoms with Gasteiger partial charge in [-0.2, -0.15) is 0 Å². The Morgan fingerprint density at radius 2 is 1.65 bits per heavy atom. The number of nitrogens with zero attached hydrogens (tertiary/aromatic N) is 1. The van der Waals surface area contributed by atoms with E-state index in [4.69, 9.17) is 4.74 Å². The fraction of sp³-hybridized carbons (Fsp3) is 0.161. The number of rotatable bonds is 8. The molecule has 1 aliphatic heterocycles. The van der Waals surface area contributed by atoms with E-state index in [0.717, 1.165) is 28.3 Å². The summed E-state index contributed by atoms with van der Waals surface area (Å²) >= 11 is 0. The van der Waals surface area contributed by atoms with Crippen molar-refractivity contribution in [2.75, 3.05) is 16.8 Å². The quantitative estimate of drug-likeness (QED) is 0.301. The highest BCUT2D eigenvalue weighted by Gasteiger charge is 2.37. The summed E-state index contributed by atoms with van der Waals surface area (Å²) in [6.07, 6.45) is -0.428. The third-order valence-corrected chi connectivity index (χ3v) is 6.46. The van der Waals surface area contributed by atoms with Gasteiger partial charge in [0.05, 0.1) is 12.6 Å². The average Bonchev–Trinajstić information content (AvgIpc) is 3.21. The standard InChI is InChI=1S/C31H29N3O3/c1-3-37-26-18-16-25(17-19-26)34-29(27-14-7-8-15-28(27)31(34)36)33-24-13-9-12-23(20-24)30(35)32-21(2)22-10-5-4-6-11-22/h4-21,29,33H,3H2,1-2H3,(H,32,35)/t21-,29-/m1/s1. The summed E-state index contributed by atoms with van der Waals surface area (Å²) in [6, 6.07) is 32.2. The second-order valence-electron chi connectivity index (χ2n) is 8.92. The molecule has 0 aromatic heterocycles. The van der Waals surface area contributed by atoms with Crippen LogP contribution in [0.2, 0.25) is 0 Å². The molecule has 0 radical (unpaired) electrons. The molecule has 37 heavy (non-hydrogen) atoms. The van der Waals surface area contributed by atoms with Crippen molar-refractivity contribution < 1.29 is 14.3 Å². The number of anilines is 2. The minimum absolute atomic E-state index is 0.0807. The Morgan fingerprint density at radius 3 is 2.41 bits per heavy atom. The first-order valence-corrected chi connectivity index (χ1v) is 12.4. The molecule has 2 N–H and O–H groups in total. The Bertz CT molecular complexity index is 1400. The number of benzene rings is 4.